The van der Waals surface area contributed by atoms with Gasteiger partial charge in [-0.25, -0.2) is 0 Å². The molecule has 1 atom stereocenters. The molecule has 1 heterocycles. The molecule has 0 bridgehead atoms. The van der Waals surface area contributed by atoms with Crippen LogP contribution >= 0.6 is 0 Å². The number of nitrogens with zero attached hydrogens (tertiary/aromatic N) is 1. The Morgan fingerprint density at radius 3 is 2.50 bits per heavy atom. The van der Waals surface area contributed by atoms with Gasteiger partial charge in [0, 0.05) is 13.1 Å². The number of hydrogen-bond donors (Lipinski definition) is 2. The van der Waals surface area contributed by atoms with Crippen LogP contribution in [0.4, 0.5) is 0 Å². The summed E-state index contributed by atoms with van der Waals surface area (Å²) in [5, 5.41) is 13.2. The number of likely N-dealkylation sites (tertiary alicyclic amines) is 1. The maximum Gasteiger partial charge on any atom is 0.0652 e. The number of aliphatic hydroxyl groups excluding tert-OH is 1. The van der Waals surface area contributed by atoms with Crippen LogP contribution < -0.4 is 5.32 Å². The van der Waals surface area contributed by atoms with Crippen LogP contribution in [0.1, 0.15) is 25.3 Å². The van der Waals surface area contributed by atoms with Gasteiger partial charge in [-0.15, -0.1) is 0 Å². The Labute approximate surface area is 110 Å². The van der Waals surface area contributed by atoms with Crippen molar-refractivity contribution in [3.8, 4) is 0 Å². The first-order chi connectivity index (χ1) is 8.74. The van der Waals surface area contributed by atoms with Crippen LogP contribution in [0.2, 0.25) is 0 Å². The van der Waals surface area contributed by atoms with Gasteiger partial charge in [-0.1, -0.05) is 30.3 Å². The third-order valence-corrected chi connectivity index (χ3v) is 3.87. The smallest absolute Gasteiger partial charge is 0.0652 e. The molecule has 1 aliphatic rings. The van der Waals surface area contributed by atoms with E-state index < -0.39 is 0 Å². The van der Waals surface area contributed by atoms with Crippen molar-refractivity contribution in [3.05, 3.63) is 35.9 Å². The molecule has 0 spiro atoms. The summed E-state index contributed by atoms with van der Waals surface area (Å²) in [5.74, 6) is 0. The minimum atomic E-state index is -0.332. The van der Waals surface area contributed by atoms with Gasteiger partial charge >= 0.3 is 0 Å². The van der Waals surface area contributed by atoms with E-state index in [9.17, 15) is 5.11 Å². The summed E-state index contributed by atoms with van der Waals surface area (Å²) in [5.41, 5.74) is 0.815. The third-order valence-electron chi connectivity index (χ3n) is 3.87. The van der Waals surface area contributed by atoms with Crippen molar-refractivity contribution in [2.75, 3.05) is 32.8 Å². The van der Waals surface area contributed by atoms with E-state index in [0.717, 1.165) is 18.7 Å². The van der Waals surface area contributed by atoms with Crippen LogP contribution in [-0.2, 0) is 5.54 Å². The average molecular weight is 248 g/mol. The predicted molar refractivity (Wildman–Crippen MR) is 74.6 cm³/mol. The summed E-state index contributed by atoms with van der Waals surface area (Å²) in [4.78, 5) is 2.48. The molecule has 1 unspecified atom stereocenters. The van der Waals surface area contributed by atoms with Crippen LogP contribution in [-0.4, -0.2) is 42.8 Å². The second kappa shape index (κ2) is 6.32. The fourth-order valence-electron chi connectivity index (χ4n) is 2.55. The Morgan fingerprint density at radius 2 is 1.89 bits per heavy atom. The molecule has 0 aliphatic carbocycles. The number of benzene rings is 1. The fourth-order valence-corrected chi connectivity index (χ4v) is 2.55. The summed E-state index contributed by atoms with van der Waals surface area (Å²) in [6.45, 7) is 6.63. The molecule has 1 aromatic carbocycles. The largest absolute Gasteiger partial charge is 0.394 e. The third kappa shape index (κ3) is 3.31. The highest BCUT2D eigenvalue weighted by Gasteiger charge is 2.24. The van der Waals surface area contributed by atoms with Gasteiger partial charge in [0.25, 0.3) is 0 Å². The van der Waals surface area contributed by atoms with Crippen molar-refractivity contribution in [2.45, 2.75) is 25.3 Å². The molecule has 100 valence electrons. The van der Waals surface area contributed by atoms with E-state index in [1.54, 1.807) is 0 Å². The van der Waals surface area contributed by atoms with E-state index in [-0.39, 0.29) is 12.1 Å². The van der Waals surface area contributed by atoms with Crippen molar-refractivity contribution in [2.24, 2.45) is 0 Å². The van der Waals surface area contributed by atoms with Gasteiger partial charge in [0.1, 0.15) is 0 Å². The van der Waals surface area contributed by atoms with Gasteiger partial charge in [0.2, 0.25) is 0 Å². The Bertz CT molecular complexity index is 349. The fraction of sp³-hybridized carbons (Fsp3) is 0.600. The molecule has 3 nitrogen and oxygen atoms in total. The highest BCUT2D eigenvalue weighted by molar-refractivity contribution is 5.23. The van der Waals surface area contributed by atoms with Crippen LogP contribution in [0.3, 0.4) is 0 Å². The Hall–Kier alpha value is -0.900. The number of rotatable bonds is 6. The van der Waals surface area contributed by atoms with Crippen molar-refractivity contribution < 1.29 is 5.11 Å². The summed E-state index contributed by atoms with van der Waals surface area (Å²) >= 11 is 0. The van der Waals surface area contributed by atoms with Crippen molar-refractivity contribution in [1.29, 1.82) is 0 Å². The lowest BCUT2D eigenvalue weighted by molar-refractivity contribution is 0.170. The zero-order valence-corrected chi connectivity index (χ0v) is 11.2. The maximum atomic E-state index is 9.65. The standard InChI is InChI=1S/C15H24N2O/c1-15(13-18,14-7-3-2-4-8-14)16-9-12-17-10-5-6-11-17/h2-4,7-8,16,18H,5-6,9-13H2,1H3. The van der Waals surface area contributed by atoms with Crippen LogP contribution in [0.15, 0.2) is 30.3 Å². The van der Waals surface area contributed by atoms with Gasteiger partial charge in [0.15, 0.2) is 0 Å². The zero-order valence-electron chi connectivity index (χ0n) is 11.2. The first-order valence-corrected chi connectivity index (χ1v) is 6.88. The van der Waals surface area contributed by atoms with Gasteiger partial charge in [-0.05, 0) is 38.4 Å². The molecular formula is C15H24N2O. The second-order valence-corrected chi connectivity index (χ2v) is 5.33. The summed E-state index contributed by atoms with van der Waals surface area (Å²) in [7, 11) is 0. The molecule has 0 saturated carbocycles. The van der Waals surface area contributed by atoms with E-state index in [1.807, 2.05) is 18.2 Å². The first kappa shape index (κ1) is 13.5. The molecule has 1 aliphatic heterocycles. The summed E-state index contributed by atoms with van der Waals surface area (Å²) in [6.07, 6.45) is 2.66. The van der Waals surface area contributed by atoms with E-state index >= 15 is 0 Å². The normalized spacial score (nSPS) is 19.9. The second-order valence-electron chi connectivity index (χ2n) is 5.33. The summed E-state index contributed by atoms with van der Waals surface area (Å²) in [6, 6.07) is 10.2. The van der Waals surface area contributed by atoms with Crippen LogP contribution in [0.25, 0.3) is 0 Å². The van der Waals surface area contributed by atoms with E-state index in [2.05, 4.69) is 29.3 Å². The van der Waals surface area contributed by atoms with E-state index in [4.69, 9.17) is 0 Å². The molecule has 1 saturated heterocycles. The van der Waals surface area contributed by atoms with Crippen molar-refractivity contribution >= 4 is 0 Å². The number of aliphatic hydroxyl groups is 1. The Kier molecular flexibility index (Phi) is 4.75. The molecule has 18 heavy (non-hydrogen) atoms. The molecule has 3 heteroatoms. The Morgan fingerprint density at radius 1 is 1.22 bits per heavy atom. The monoisotopic (exact) mass is 248 g/mol. The molecule has 2 N–H and O–H groups in total. The van der Waals surface area contributed by atoms with Gasteiger partial charge in [-0.2, -0.15) is 0 Å². The maximum absolute atomic E-state index is 9.65. The molecule has 0 radical (unpaired) electrons. The van der Waals surface area contributed by atoms with Gasteiger partial charge in [0.05, 0.1) is 12.1 Å². The van der Waals surface area contributed by atoms with Crippen molar-refractivity contribution in [1.82, 2.24) is 10.2 Å². The predicted octanol–water partition coefficient (Wildman–Crippen LogP) is 1.58. The SMILES string of the molecule is CC(CO)(NCCN1CCCC1)c1ccccc1. The summed E-state index contributed by atoms with van der Waals surface area (Å²) < 4.78 is 0. The lowest BCUT2D eigenvalue weighted by Gasteiger charge is -2.30. The van der Waals surface area contributed by atoms with Crippen molar-refractivity contribution in [3.63, 3.8) is 0 Å². The number of hydrogen-bond acceptors (Lipinski definition) is 3. The van der Waals surface area contributed by atoms with Gasteiger partial charge in [-0.3, -0.25) is 0 Å². The lowest BCUT2D eigenvalue weighted by atomic mass is 9.93. The minimum absolute atomic E-state index is 0.122. The molecule has 0 aromatic heterocycles. The van der Waals surface area contributed by atoms with Crippen LogP contribution in [0, 0.1) is 0 Å². The average Bonchev–Trinajstić information content (AvgIpc) is 2.93. The molecular weight excluding hydrogens is 224 g/mol. The zero-order chi connectivity index (χ0) is 12.8. The topological polar surface area (TPSA) is 35.5 Å². The molecule has 1 aromatic rings. The number of nitrogens with one attached hydrogen (secondary N) is 1. The lowest BCUT2D eigenvalue weighted by Crippen LogP contribution is -2.45. The molecule has 0 amide bonds. The van der Waals surface area contributed by atoms with Gasteiger partial charge < -0.3 is 15.3 Å². The minimum Gasteiger partial charge on any atom is -0.394 e. The first-order valence-electron chi connectivity index (χ1n) is 6.88. The molecule has 1 fully saturated rings. The Balaban J connectivity index is 1.87. The van der Waals surface area contributed by atoms with Crippen LogP contribution in [0.5, 0.6) is 0 Å². The highest BCUT2D eigenvalue weighted by Crippen LogP contribution is 2.19. The molecule has 2 rings (SSSR count). The van der Waals surface area contributed by atoms with E-state index in [0.29, 0.717) is 0 Å². The highest BCUT2D eigenvalue weighted by atomic mass is 16.3. The van der Waals surface area contributed by atoms with E-state index in [1.165, 1.54) is 25.9 Å². The quantitative estimate of drug-likeness (QED) is 0.802.